The third-order valence-electron chi connectivity index (χ3n) is 4.35. The van der Waals surface area contributed by atoms with E-state index in [1.165, 1.54) is 7.11 Å². The molecule has 1 aliphatic heterocycles. The van der Waals surface area contributed by atoms with Crippen molar-refractivity contribution in [3.05, 3.63) is 52.6 Å². The van der Waals surface area contributed by atoms with Crippen LogP contribution < -0.4 is 5.32 Å². The van der Waals surface area contributed by atoms with Crippen LogP contribution in [0.4, 0.5) is 13.2 Å². The largest absolute Gasteiger partial charge is 0.375 e. The van der Waals surface area contributed by atoms with Crippen LogP contribution >= 0.6 is 0 Å². The number of carbonyl (C=O) groups is 1. The second-order valence-corrected chi connectivity index (χ2v) is 6.48. The number of hydrogen-bond acceptors (Lipinski definition) is 4. The second kappa shape index (κ2) is 8.53. The van der Waals surface area contributed by atoms with E-state index < -0.39 is 17.5 Å². The molecule has 0 fully saturated rings. The van der Waals surface area contributed by atoms with Crippen molar-refractivity contribution in [3.8, 4) is 0 Å². The first kappa shape index (κ1) is 19.4. The van der Waals surface area contributed by atoms with Crippen LogP contribution in [0.15, 0.2) is 18.2 Å². The van der Waals surface area contributed by atoms with Gasteiger partial charge >= 0.3 is 0 Å². The Balaban J connectivity index is 1.68. The molecule has 27 heavy (non-hydrogen) atoms. The maximum atomic E-state index is 13.9. The van der Waals surface area contributed by atoms with Gasteiger partial charge in [0.05, 0.1) is 17.9 Å². The highest BCUT2D eigenvalue weighted by molar-refractivity contribution is 5.77. The second-order valence-electron chi connectivity index (χ2n) is 6.48. The fourth-order valence-corrected chi connectivity index (χ4v) is 3.15. The van der Waals surface area contributed by atoms with E-state index in [1.54, 1.807) is 0 Å². The highest BCUT2D eigenvalue weighted by Crippen LogP contribution is 2.20. The van der Waals surface area contributed by atoms with Crippen LogP contribution in [0.5, 0.6) is 0 Å². The molecule has 0 saturated heterocycles. The summed E-state index contributed by atoms with van der Waals surface area (Å²) in [6, 6.07) is 3.44. The summed E-state index contributed by atoms with van der Waals surface area (Å²) in [5.41, 5.74) is 1.60. The molecule has 1 N–H and O–H groups in total. The molecule has 0 unspecified atom stereocenters. The third-order valence-corrected chi connectivity index (χ3v) is 4.35. The normalized spacial score (nSPS) is 14.7. The first-order valence-corrected chi connectivity index (χ1v) is 8.63. The fourth-order valence-electron chi connectivity index (χ4n) is 3.15. The number of rotatable bonds is 6. The minimum atomic E-state index is -1.18. The molecule has 2 heterocycles. The van der Waals surface area contributed by atoms with Gasteiger partial charge in [-0.2, -0.15) is 5.10 Å². The van der Waals surface area contributed by atoms with Crippen molar-refractivity contribution in [2.45, 2.75) is 32.6 Å². The van der Waals surface area contributed by atoms with Gasteiger partial charge in [-0.15, -0.1) is 0 Å². The minimum absolute atomic E-state index is 0.00693. The number of methoxy groups -OCH3 is 1. The van der Waals surface area contributed by atoms with Crippen molar-refractivity contribution in [1.82, 2.24) is 20.0 Å². The number of nitrogens with zero attached hydrogens (tertiary/aromatic N) is 3. The van der Waals surface area contributed by atoms with Crippen LogP contribution in [0.1, 0.15) is 23.4 Å². The Kier molecular flexibility index (Phi) is 6.12. The predicted octanol–water partition coefficient (Wildman–Crippen LogP) is 1.97. The van der Waals surface area contributed by atoms with Gasteiger partial charge < -0.3 is 10.1 Å². The van der Waals surface area contributed by atoms with Gasteiger partial charge in [0.25, 0.3) is 0 Å². The maximum absolute atomic E-state index is 13.9. The minimum Gasteiger partial charge on any atom is -0.375 e. The first-order chi connectivity index (χ1) is 13.0. The SMILES string of the molecule is COCC(=O)NCc1cc2n(n1)CCCN(Cc1cc(F)cc(F)c1F)C2. The number of halogens is 3. The van der Waals surface area contributed by atoms with Gasteiger partial charge in [0.2, 0.25) is 5.91 Å². The monoisotopic (exact) mass is 382 g/mol. The smallest absolute Gasteiger partial charge is 0.246 e. The number of aryl methyl sites for hydroxylation is 1. The summed E-state index contributed by atoms with van der Waals surface area (Å²) >= 11 is 0. The molecule has 9 heteroatoms. The Labute approximate surface area is 154 Å². The van der Waals surface area contributed by atoms with Gasteiger partial charge in [-0.3, -0.25) is 14.4 Å². The van der Waals surface area contributed by atoms with Crippen molar-refractivity contribution >= 4 is 5.91 Å². The number of ether oxygens (including phenoxy) is 1. The molecule has 146 valence electrons. The summed E-state index contributed by atoms with van der Waals surface area (Å²) in [7, 11) is 1.44. The standard InChI is InChI=1S/C18H21F3N4O2/c1-27-11-17(26)22-8-14-7-15-10-24(3-2-4-25(15)23-14)9-12-5-13(19)6-16(20)18(12)21/h5-7H,2-4,8-11H2,1H3,(H,22,26). The van der Waals surface area contributed by atoms with Crippen molar-refractivity contribution in [2.24, 2.45) is 0 Å². The summed E-state index contributed by atoms with van der Waals surface area (Å²) in [6.07, 6.45) is 0.767. The molecule has 2 aromatic rings. The molecule has 1 amide bonds. The average Bonchev–Trinajstić information content (AvgIpc) is 2.90. The summed E-state index contributed by atoms with van der Waals surface area (Å²) in [4.78, 5) is 13.4. The number of benzene rings is 1. The zero-order valence-corrected chi connectivity index (χ0v) is 15.0. The van der Waals surface area contributed by atoms with E-state index in [4.69, 9.17) is 4.74 Å². The van der Waals surface area contributed by atoms with Gasteiger partial charge in [0.15, 0.2) is 11.6 Å². The number of aromatic nitrogens is 2. The number of carbonyl (C=O) groups excluding carboxylic acids is 1. The van der Waals surface area contributed by atoms with Crippen LogP contribution in [0, 0.1) is 17.5 Å². The lowest BCUT2D eigenvalue weighted by Crippen LogP contribution is -2.26. The van der Waals surface area contributed by atoms with Gasteiger partial charge in [0, 0.05) is 44.9 Å². The van der Waals surface area contributed by atoms with E-state index >= 15 is 0 Å². The lowest BCUT2D eigenvalue weighted by atomic mass is 10.1. The zero-order valence-electron chi connectivity index (χ0n) is 15.0. The Morgan fingerprint density at radius 2 is 2.07 bits per heavy atom. The molecular weight excluding hydrogens is 361 g/mol. The van der Waals surface area contributed by atoms with Crippen LogP contribution in [0.2, 0.25) is 0 Å². The molecular formula is C18H21F3N4O2. The molecule has 0 spiro atoms. The number of fused-ring (bicyclic) bond motifs is 1. The van der Waals surface area contributed by atoms with Crippen molar-refractivity contribution in [2.75, 3.05) is 20.3 Å². The Bertz CT molecular complexity index is 825. The average molecular weight is 382 g/mol. The first-order valence-electron chi connectivity index (χ1n) is 8.63. The van der Waals surface area contributed by atoms with Crippen molar-refractivity contribution in [3.63, 3.8) is 0 Å². The molecule has 6 nitrogen and oxygen atoms in total. The summed E-state index contributed by atoms with van der Waals surface area (Å²) in [5.74, 6) is -3.22. The van der Waals surface area contributed by atoms with E-state index in [0.717, 1.165) is 18.2 Å². The zero-order chi connectivity index (χ0) is 19.4. The molecule has 1 aliphatic rings. The van der Waals surface area contributed by atoms with E-state index in [9.17, 15) is 18.0 Å². The van der Waals surface area contributed by atoms with Crippen LogP contribution in [0.3, 0.4) is 0 Å². The molecule has 1 aromatic heterocycles. The van der Waals surface area contributed by atoms with Gasteiger partial charge in [-0.1, -0.05) is 0 Å². The third kappa shape index (κ3) is 4.86. The summed E-state index contributed by atoms with van der Waals surface area (Å²) < 4.78 is 47.4. The molecule has 0 bridgehead atoms. The quantitative estimate of drug-likeness (QED) is 0.776. The molecule has 0 saturated carbocycles. The number of hydrogen-bond donors (Lipinski definition) is 1. The van der Waals surface area contributed by atoms with Gasteiger partial charge in [-0.05, 0) is 18.6 Å². The molecule has 1 aromatic carbocycles. The number of amides is 1. The molecule has 3 rings (SSSR count). The van der Waals surface area contributed by atoms with E-state index in [2.05, 4.69) is 10.4 Å². The Morgan fingerprint density at radius 3 is 2.85 bits per heavy atom. The predicted molar refractivity (Wildman–Crippen MR) is 91.0 cm³/mol. The molecule has 0 radical (unpaired) electrons. The van der Waals surface area contributed by atoms with Crippen molar-refractivity contribution in [1.29, 1.82) is 0 Å². The van der Waals surface area contributed by atoms with Crippen LogP contribution in [0.25, 0.3) is 0 Å². The summed E-state index contributed by atoms with van der Waals surface area (Å²) in [5, 5.41) is 7.18. The summed E-state index contributed by atoms with van der Waals surface area (Å²) in [6.45, 7) is 2.17. The van der Waals surface area contributed by atoms with Gasteiger partial charge in [-0.25, -0.2) is 13.2 Å². The Morgan fingerprint density at radius 1 is 1.26 bits per heavy atom. The van der Waals surface area contributed by atoms with E-state index in [1.807, 2.05) is 15.6 Å². The van der Waals surface area contributed by atoms with E-state index in [-0.39, 0.29) is 31.2 Å². The highest BCUT2D eigenvalue weighted by atomic mass is 19.2. The van der Waals surface area contributed by atoms with Crippen molar-refractivity contribution < 1.29 is 22.7 Å². The number of nitrogens with one attached hydrogen (secondary N) is 1. The topological polar surface area (TPSA) is 59.4 Å². The highest BCUT2D eigenvalue weighted by Gasteiger charge is 2.20. The molecule has 0 aliphatic carbocycles. The van der Waals surface area contributed by atoms with Crippen LogP contribution in [-0.4, -0.2) is 40.8 Å². The molecule has 0 atom stereocenters. The maximum Gasteiger partial charge on any atom is 0.246 e. The lowest BCUT2D eigenvalue weighted by Gasteiger charge is -2.20. The van der Waals surface area contributed by atoms with Crippen LogP contribution in [-0.2, 0) is 35.7 Å². The van der Waals surface area contributed by atoms with Gasteiger partial charge in [0.1, 0.15) is 12.4 Å². The Hall–Kier alpha value is -2.39. The van der Waals surface area contributed by atoms with E-state index in [0.29, 0.717) is 31.4 Å². The fraction of sp³-hybridized carbons (Fsp3) is 0.444. The lowest BCUT2D eigenvalue weighted by molar-refractivity contribution is -0.124.